The molecule has 0 aliphatic carbocycles. The first-order chi connectivity index (χ1) is 9.65. The molecular formula is C14H23N3O3S. The summed E-state index contributed by atoms with van der Waals surface area (Å²) >= 11 is 0. The van der Waals surface area contributed by atoms with Crippen molar-refractivity contribution in [2.75, 3.05) is 24.7 Å². The van der Waals surface area contributed by atoms with Gasteiger partial charge in [0.15, 0.2) is 15.8 Å². The molecule has 1 aromatic rings. The van der Waals surface area contributed by atoms with Gasteiger partial charge in [-0.3, -0.25) is 4.99 Å². The summed E-state index contributed by atoms with van der Waals surface area (Å²) in [7, 11) is -1.59. The second-order valence-corrected chi connectivity index (χ2v) is 8.41. The van der Waals surface area contributed by atoms with Gasteiger partial charge in [0.2, 0.25) is 0 Å². The molecule has 6 nitrogen and oxygen atoms in total. The topological polar surface area (TPSA) is 93.8 Å². The number of anilines is 1. The fourth-order valence-electron chi connectivity index (χ4n) is 1.45. The molecule has 0 atom stereocenters. The van der Waals surface area contributed by atoms with E-state index in [0.29, 0.717) is 0 Å². The van der Waals surface area contributed by atoms with Gasteiger partial charge in [0.25, 0.3) is 0 Å². The Morgan fingerprint density at radius 3 is 2.33 bits per heavy atom. The van der Waals surface area contributed by atoms with Crippen molar-refractivity contribution in [3.05, 3.63) is 24.3 Å². The van der Waals surface area contributed by atoms with E-state index in [9.17, 15) is 8.42 Å². The van der Waals surface area contributed by atoms with Crippen LogP contribution in [-0.2, 0) is 9.84 Å². The van der Waals surface area contributed by atoms with Gasteiger partial charge < -0.3 is 15.8 Å². The smallest absolute Gasteiger partial charge is 0.193 e. The Kier molecular flexibility index (Phi) is 5.60. The molecule has 0 heterocycles. The molecule has 21 heavy (non-hydrogen) atoms. The first-order valence-electron chi connectivity index (χ1n) is 6.59. The van der Waals surface area contributed by atoms with Gasteiger partial charge in [-0.15, -0.1) is 0 Å². The molecule has 0 aliphatic heterocycles. The maximum absolute atomic E-state index is 11.9. The number of hydrogen-bond acceptors (Lipinski definition) is 4. The molecule has 1 rings (SSSR count). The Labute approximate surface area is 126 Å². The molecule has 0 fully saturated rings. The third kappa shape index (κ3) is 5.26. The van der Waals surface area contributed by atoms with Crippen molar-refractivity contribution in [1.29, 1.82) is 0 Å². The van der Waals surface area contributed by atoms with Gasteiger partial charge in [0.1, 0.15) is 5.75 Å². The van der Waals surface area contributed by atoms with Gasteiger partial charge in [-0.1, -0.05) is 0 Å². The van der Waals surface area contributed by atoms with Crippen LogP contribution in [0.1, 0.15) is 20.8 Å². The van der Waals surface area contributed by atoms with Crippen molar-refractivity contribution in [2.24, 2.45) is 10.7 Å². The largest absolute Gasteiger partial charge is 0.497 e. The van der Waals surface area contributed by atoms with Crippen LogP contribution in [0.3, 0.4) is 0 Å². The minimum atomic E-state index is -3.18. The quantitative estimate of drug-likeness (QED) is 0.636. The number of nitrogens with two attached hydrogens (primary N) is 1. The van der Waals surface area contributed by atoms with Crippen molar-refractivity contribution in [2.45, 2.75) is 25.5 Å². The lowest BCUT2D eigenvalue weighted by Gasteiger charge is -2.18. The Morgan fingerprint density at radius 1 is 1.29 bits per heavy atom. The molecule has 0 aromatic heterocycles. The Bertz CT molecular complexity index is 587. The summed E-state index contributed by atoms with van der Waals surface area (Å²) in [5.41, 5.74) is 6.49. The van der Waals surface area contributed by atoms with Crippen LogP contribution in [-0.4, -0.2) is 38.5 Å². The van der Waals surface area contributed by atoms with Crippen molar-refractivity contribution in [3.8, 4) is 5.75 Å². The number of guanidine groups is 1. The molecule has 0 radical (unpaired) electrons. The van der Waals surface area contributed by atoms with Gasteiger partial charge in [-0.2, -0.15) is 0 Å². The summed E-state index contributed by atoms with van der Waals surface area (Å²) < 4.78 is 28.1. The molecule has 118 valence electrons. The van der Waals surface area contributed by atoms with Gasteiger partial charge >= 0.3 is 0 Å². The average molecular weight is 313 g/mol. The summed E-state index contributed by atoms with van der Waals surface area (Å²) in [4.78, 5) is 4.03. The molecule has 0 amide bonds. The molecule has 0 bridgehead atoms. The zero-order valence-electron chi connectivity index (χ0n) is 12.9. The standard InChI is InChI=1S/C14H23N3O3S/c1-14(2,3)21(18,19)10-9-16-13(15)17-11-5-7-12(20-4)8-6-11/h5-8H,9-10H2,1-4H3,(H3,15,16,17). The van der Waals surface area contributed by atoms with Crippen LogP contribution in [0, 0.1) is 0 Å². The number of hydrogen-bond donors (Lipinski definition) is 2. The first-order valence-corrected chi connectivity index (χ1v) is 8.24. The number of aliphatic imine (C=N–C) groups is 1. The highest BCUT2D eigenvalue weighted by molar-refractivity contribution is 7.92. The number of nitrogens with one attached hydrogen (secondary N) is 1. The van der Waals surface area contributed by atoms with Crippen molar-refractivity contribution in [3.63, 3.8) is 0 Å². The van der Waals surface area contributed by atoms with E-state index in [1.54, 1.807) is 52.1 Å². The van der Waals surface area contributed by atoms with E-state index in [-0.39, 0.29) is 18.3 Å². The van der Waals surface area contributed by atoms with Crippen LogP contribution in [0.2, 0.25) is 0 Å². The van der Waals surface area contributed by atoms with Crippen LogP contribution in [0.25, 0.3) is 0 Å². The lowest BCUT2D eigenvalue weighted by atomic mass is 10.3. The molecule has 0 saturated heterocycles. The molecule has 7 heteroatoms. The maximum Gasteiger partial charge on any atom is 0.193 e. The highest BCUT2D eigenvalue weighted by Gasteiger charge is 2.28. The molecule has 0 saturated carbocycles. The molecule has 3 N–H and O–H groups in total. The van der Waals surface area contributed by atoms with Crippen molar-refractivity contribution < 1.29 is 13.2 Å². The molecule has 1 aromatic carbocycles. The van der Waals surface area contributed by atoms with Crippen LogP contribution in [0.5, 0.6) is 5.75 Å². The second kappa shape index (κ2) is 6.80. The average Bonchev–Trinajstić information content (AvgIpc) is 2.38. The number of methoxy groups -OCH3 is 1. The SMILES string of the molecule is COc1ccc(NC(N)=NCCS(=O)(=O)C(C)(C)C)cc1. The minimum Gasteiger partial charge on any atom is -0.497 e. The first kappa shape index (κ1) is 17.3. The predicted octanol–water partition coefficient (Wildman–Crippen LogP) is 1.64. The van der Waals surface area contributed by atoms with Gasteiger partial charge in [-0.25, -0.2) is 8.42 Å². The van der Waals surface area contributed by atoms with E-state index in [0.717, 1.165) is 11.4 Å². The van der Waals surface area contributed by atoms with Gasteiger partial charge in [0, 0.05) is 5.69 Å². The lowest BCUT2D eigenvalue weighted by Crippen LogP contribution is -2.32. The Hall–Kier alpha value is -1.76. The molecular weight excluding hydrogens is 290 g/mol. The third-order valence-electron chi connectivity index (χ3n) is 2.94. The van der Waals surface area contributed by atoms with Gasteiger partial charge in [-0.05, 0) is 45.0 Å². The summed E-state index contributed by atoms with van der Waals surface area (Å²) in [6.45, 7) is 5.15. The summed E-state index contributed by atoms with van der Waals surface area (Å²) in [5.74, 6) is 0.901. The molecule has 0 spiro atoms. The van der Waals surface area contributed by atoms with E-state index in [1.807, 2.05) is 0 Å². The number of sulfone groups is 1. The van der Waals surface area contributed by atoms with Crippen molar-refractivity contribution in [1.82, 2.24) is 0 Å². The molecule has 0 unspecified atom stereocenters. The van der Waals surface area contributed by atoms with E-state index in [2.05, 4.69) is 10.3 Å². The summed E-state index contributed by atoms with van der Waals surface area (Å²) in [6, 6.07) is 7.18. The monoisotopic (exact) mass is 313 g/mol. The number of nitrogens with zero attached hydrogens (tertiary/aromatic N) is 1. The van der Waals surface area contributed by atoms with Crippen molar-refractivity contribution >= 4 is 21.5 Å². The van der Waals surface area contributed by atoms with E-state index >= 15 is 0 Å². The van der Waals surface area contributed by atoms with Crippen LogP contribution >= 0.6 is 0 Å². The third-order valence-corrected chi connectivity index (χ3v) is 5.52. The minimum absolute atomic E-state index is 0.0263. The number of ether oxygens (including phenoxy) is 1. The van der Waals surface area contributed by atoms with Gasteiger partial charge in [0.05, 0.1) is 24.2 Å². The zero-order valence-corrected chi connectivity index (χ0v) is 13.7. The second-order valence-electron chi connectivity index (χ2n) is 5.55. The maximum atomic E-state index is 11.9. The number of benzene rings is 1. The normalized spacial score (nSPS) is 13.0. The Morgan fingerprint density at radius 2 is 1.86 bits per heavy atom. The summed E-state index contributed by atoms with van der Waals surface area (Å²) in [5, 5.41) is 2.90. The number of rotatable bonds is 5. The predicted molar refractivity (Wildman–Crippen MR) is 86.6 cm³/mol. The van der Waals surface area contributed by atoms with Crippen LogP contribution in [0.15, 0.2) is 29.3 Å². The summed E-state index contributed by atoms with van der Waals surface area (Å²) in [6.07, 6.45) is 0. The lowest BCUT2D eigenvalue weighted by molar-refractivity contribution is 0.415. The molecule has 0 aliphatic rings. The fourth-order valence-corrected chi connectivity index (χ4v) is 2.40. The fraction of sp³-hybridized carbons (Fsp3) is 0.500. The highest BCUT2D eigenvalue weighted by atomic mass is 32.2. The van der Waals surface area contributed by atoms with Crippen LogP contribution < -0.4 is 15.8 Å². The Balaban J connectivity index is 2.57. The highest BCUT2D eigenvalue weighted by Crippen LogP contribution is 2.16. The van der Waals surface area contributed by atoms with E-state index in [4.69, 9.17) is 10.5 Å². The van der Waals surface area contributed by atoms with Crippen LogP contribution in [0.4, 0.5) is 5.69 Å². The zero-order chi connectivity index (χ0) is 16.1. The van der Waals surface area contributed by atoms with E-state index in [1.165, 1.54) is 0 Å². The van der Waals surface area contributed by atoms with E-state index < -0.39 is 14.6 Å².